The van der Waals surface area contributed by atoms with Gasteiger partial charge in [0.1, 0.15) is 11.3 Å². The van der Waals surface area contributed by atoms with Gasteiger partial charge in [0.25, 0.3) is 0 Å². The number of aromatic nitrogens is 5. The second-order valence-corrected chi connectivity index (χ2v) is 6.66. The lowest BCUT2D eigenvalue weighted by Crippen LogP contribution is -2.20. The van der Waals surface area contributed by atoms with Gasteiger partial charge in [-0.25, -0.2) is 9.97 Å². The van der Waals surface area contributed by atoms with Crippen molar-refractivity contribution in [1.29, 1.82) is 0 Å². The first kappa shape index (κ1) is 16.0. The molecule has 0 aliphatic carbocycles. The van der Waals surface area contributed by atoms with E-state index in [1.165, 1.54) is 5.56 Å². The van der Waals surface area contributed by atoms with Crippen molar-refractivity contribution < 1.29 is 4.74 Å². The summed E-state index contributed by atoms with van der Waals surface area (Å²) in [6.45, 7) is 2.65. The Morgan fingerprint density at radius 1 is 1.15 bits per heavy atom. The summed E-state index contributed by atoms with van der Waals surface area (Å²) in [5, 5.41) is 5.44. The highest BCUT2D eigenvalue weighted by atomic mass is 16.5. The Kier molecular flexibility index (Phi) is 3.64. The van der Waals surface area contributed by atoms with Gasteiger partial charge in [0.2, 0.25) is 5.95 Å². The van der Waals surface area contributed by atoms with Crippen molar-refractivity contribution in [3.8, 4) is 5.75 Å². The fourth-order valence-electron chi connectivity index (χ4n) is 3.62. The van der Waals surface area contributed by atoms with Gasteiger partial charge < -0.3 is 10.5 Å². The molecule has 8 heteroatoms. The minimum atomic E-state index is 0.304. The molecule has 2 N–H and O–H groups in total. The van der Waals surface area contributed by atoms with Gasteiger partial charge in [-0.15, -0.1) is 5.10 Å². The topological polar surface area (TPSA) is 94.5 Å². The smallest absolute Gasteiger partial charge is 0.223 e. The van der Waals surface area contributed by atoms with Crippen LogP contribution in [0.1, 0.15) is 17.1 Å². The average Bonchev–Trinajstić information content (AvgIpc) is 3.30. The van der Waals surface area contributed by atoms with E-state index in [9.17, 15) is 0 Å². The van der Waals surface area contributed by atoms with Crippen LogP contribution in [-0.4, -0.2) is 43.1 Å². The zero-order valence-corrected chi connectivity index (χ0v) is 15.0. The van der Waals surface area contributed by atoms with E-state index in [0.717, 1.165) is 43.0 Å². The molecule has 0 fully saturated rings. The van der Waals surface area contributed by atoms with E-state index >= 15 is 0 Å². The Bertz CT molecular complexity index is 1130. The third-order valence-corrected chi connectivity index (χ3v) is 4.96. The molecule has 0 saturated heterocycles. The van der Waals surface area contributed by atoms with Gasteiger partial charge in [0.15, 0.2) is 11.5 Å². The van der Waals surface area contributed by atoms with Gasteiger partial charge in [0.05, 0.1) is 12.8 Å². The number of fused-ring (bicyclic) bond motifs is 4. The predicted molar refractivity (Wildman–Crippen MR) is 101 cm³/mol. The Labute approximate surface area is 155 Å². The van der Waals surface area contributed by atoms with Crippen molar-refractivity contribution in [2.45, 2.75) is 19.5 Å². The van der Waals surface area contributed by atoms with Crippen molar-refractivity contribution in [3.05, 3.63) is 53.6 Å². The normalized spacial score (nSPS) is 14.1. The zero-order valence-electron chi connectivity index (χ0n) is 15.0. The standard InChI is InChI=1S/C19H19N7O/c1-27-15-6-2-5-13-17(15)23-19(20)26-18(13)22-16(24-26)7-9-25-10-12-4-3-8-21-14(12)11-25/h2-6,8H,7,9-11H2,1H3,(H2,20,23). The van der Waals surface area contributed by atoms with Crippen LogP contribution in [0.3, 0.4) is 0 Å². The zero-order chi connectivity index (χ0) is 18.4. The van der Waals surface area contributed by atoms with Crippen molar-refractivity contribution in [2.24, 2.45) is 0 Å². The lowest BCUT2D eigenvalue weighted by atomic mass is 10.2. The average molecular weight is 361 g/mol. The summed E-state index contributed by atoms with van der Waals surface area (Å²) < 4.78 is 7.00. The number of hydrogen-bond donors (Lipinski definition) is 1. The summed E-state index contributed by atoms with van der Waals surface area (Å²) in [6, 6.07) is 9.86. The highest BCUT2D eigenvalue weighted by Crippen LogP contribution is 2.27. The summed E-state index contributed by atoms with van der Waals surface area (Å²) in [7, 11) is 1.62. The third-order valence-electron chi connectivity index (χ3n) is 4.96. The number of nitrogens with zero attached hydrogens (tertiary/aromatic N) is 6. The number of nitrogen functional groups attached to an aromatic ring is 1. The van der Waals surface area contributed by atoms with E-state index in [1.54, 1.807) is 11.6 Å². The molecule has 8 nitrogen and oxygen atoms in total. The first-order valence-electron chi connectivity index (χ1n) is 8.86. The fourth-order valence-corrected chi connectivity index (χ4v) is 3.62. The lowest BCUT2D eigenvalue weighted by Gasteiger charge is -2.12. The van der Waals surface area contributed by atoms with Crippen LogP contribution in [0.2, 0.25) is 0 Å². The maximum absolute atomic E-state index is 6.11. The number of rotatable bonds is 4. The highest BCUT2D eigenvalue weighted by molar-refractivity contribution is 5.95. The van der Waals surface area contributed by atoms with Crippen LogP contribution in [0.15, 0.2) is 36.5 Å². The molecular formula is C19H19N7O. The Balaban J connectivity index is 1.43. The number of para-hydroxylation sites is 1. The fraction of sp³-hybridized carbons (Fsp3) is 0.263. The molecule has 0 amide bonds. The molecule has 4 aromatic rings. The van der Waals surface area contributed by atoms with E-state index in [1.807, 2.05) is 30.5 Å². The number of pyridine rings is 1. The molecule has 4 heterocycles. The van der Waals surface area contributed by atoms with Crippen LogP contribution in [0, 0.1) is 0 Å². The second kappa shape index (κ2) is 6.17. The van der Waals surface area contributed by atoms with Crippen molar-refractivity contribution in [2.75, 3.05) is 19.4 Å². The molecule has 0 unspecified atom stereocenters. The summed E-state index contributed by atoms with van der Waals surface area (Å²) in [6.07, 6.45) is 2.59. The van der Waals surface area contributed by atoms with Crippen LogP contribution < -0.4 is 10.5 Å². The van der Waals surface area contributed by atoms with Crippen LogP contribution in [0.4, 0.5) is 5.95 Å². The highest BCUT2D eigenvalue weighted by Gasteiger charge is 2.20. The van der Waals surface area contributed by atoms with E-state index < -0.39 is 0 Å². The van der Waals surface area contributed by atoms with Crippen LogP contribution in [0.25, 0.3) is 16.6 Å². The first-order chi connectivity index (χ1) is 13.2. The molecule has 5 rings (SSSR count). The third kappa shape index (κ3) is 2.65. The van der Waals surface area contributed by atoms with Gasteiger partial charge in [0, 0.05) is 37.6 Å². The number of methoxy groups -OCH3 is 1. The summed E-state index contributed by atoms with van der Waals surface area (Å²) >= 11 is 0. The van der Waals surface area contributed by atoms with Crippen LogP contribution >= 0.6 is 0 Å². The van der Waals surface area contributed by atoms with Gasteiger partial charge in [-0.1, -0.05) is 12.1 Å². The molecule has 1 aliphatic rings. The summed E-state index contributed by atoms with van der Waals surface area (Å²) in [4.78, 5) is 16.0. The Morgan fingerprint density at radius 2 is 2.07 bits per heavy atom. The molecule has 136 valence electrons. The molecule has 0 saturated carbocycles. The molecular weight excluding hydrogens is 342 g/mol. The first-order valence-corrected chi connectivity index (χ1v) is 8.86. The van der Waals surface area contributed by atoms with Crippen LogP contribution in [0.5, 0.6) is 5.75 Å². The number of benzene rings is 1. The minimum absolute atomic E-state index is 0.304. The number of nitrogens with two attached hydrogens (primary N) is 1. The van der Waals surface area contributed by atoms with Crippen molar-refractivity contribution in [1.82, 2.24) is 29.5 Å². The largest absolute Gasteiger partial charge is 0.494 e. The molecule has 0 bridgehead atoms. The number of ether oxygens (including phenoxy) is 1. The molecule has 1 aliphatic heterocycles. The van der Waals surface area contributed by atoms with Gasteiger partial charge >= 0.3 is 0 Å². The van der Waals surface area contributed by atoms with Crippen molar-refractivity contribution in [3.63, 3.8) is 0 Å². The molecule has 27 heavy (non-hydrogen) atoms. The maximum Gasteiger partial charge on any atom is 0.223 e. The number of anilines is 1. The number of hydrogen-bond acceptors (Lipinski definition) is 7. The summed E-state index contributed by atoms with van der Waals surface area (Å²) in [5.74, 6) is 1.73. The van der Waals surface area contributed by atoms with E-state index in [4.69, 9.17) is 15.5 Å². The molecule has 1 aromatic carbocycles. The minimum Gasteiger partial charge on any atom is -0.494 e. The monoisotopic (exact) mass is 361 g/mol. The van der Waals surface area contributed by atoms with E-state index in [2.05, 4.69) is 26.0 Å². The summed E-state index contributed by atoms with van der Waals surface area (Å²) in [5.41, 5.74) is 9.97. The Morgan fingerprint density at radius 3 is 2.93 bits per heavy atom. The van der Waals surface area contributed by atoms with Gasteiger partial charge in [-0.2, -0.15) is 4.52 Å². The van der Waals surface area contributed by atoms with E-state index in [0.29, 0.717) is 22.9 Å². The van der Waals surface area contributed by atoms with Gasteiger partial charge in [-0.3, -0.25) is 9.88 Å². The Hall–Kier alpha value is -3.26. The maximum atomic E-state index is 6.11. The van der Waals surface area contributed by atoms with E-state index in [-0.39, 0.29) is 0 Å². The van der Waals surface area contributed by atoms with Crippen molar-refractivity contribution >= 4 is 22.5 Å². The SMILES string of the molecule is COc1cccc2c1nc(N)n1nc(CCN3Cc4cccnc4C3)nc21. The quantitative estimate of drug-likeness (QED) is 0.592. The van der Waals surface area contributed by atoms with Crippen LogP contribution in [-0.2, 0) is 19.5 Å². The lowest BCUT2D eigenvalue weighted by molar-refractivity contribution is 0.284. The molecule has 0 spiro atoms. The molecule has 3 aromatic heterocycles. The molecule has 0 radical (unpaired) electrons. The van der Waals surface area contributed by atoms with Gasteiger partial charge in [-0.05, 0) is 23.8 Å². The predicted octanol–water partition coefficient (Wildman–Crippen LogP) is 1.82. The second-order valence-electron chi connectivity index (χ2n) is 6.66. The molecule has 0 atom stereocenters.